The minimum absolute atomic E-state index is 0.719. The molecule has 3 nitrogen and oxygen atoms in total. The summed E-state index contributed by atoms with van der Waals surface area (Å²) in [5, 5.41) is 8.30. The summed E-state index contributed by atoms with van der Waals surface area (Å²) in [5.41, 5.74) is 3.81. The summed E-state index contributed by atoms with van der Waals surface area (Å²) in [5.74, 6) is 0.834. The first-order valence-electron chi connectivity index (χ1n) is 7.33. The summed E-state index contributed by atoms with van der Waals surface area (Å²) in [4.78, 5) is 0. The van der Waals surface area contributed by atoms with Gasteiger partial charge >= 0.3 is 0 Å². The molecule has 0 spiro atoms. The third kappa shape index (κ3) is 2.94. The zero-order chi connectivity index (χ0) is 13.1. The highest BCUT2D eigenvalue weighted by Crippen LogP contribution is 2.23. The second-order valence-electron chi connectivity index (χ2n) is 5.84. The van der Waals surface area contributed by atoms with Crippen molar-refractivity contribution >= 4 is 0 Å². The Morgan fingerprint density at radius 1 is 1.22 bits per heavy atom. The predicted octanol–water partition coefficient (Wildman–Crippen LogP) is 2.98. The maximum atomic E-state index is 4.59. The molecule has 1 N–H and O–H groups in total. The topological polar surface area (TPSA) is 29.9 Å². The average Bonchev–Trinajstić information content (AvgIpc) is 2.60. The van der Waals surface area contributed by atoms with E-state index in [1.54, 1.807) is 0 Å². The van der Waals surface area contributed by atoms with E-state index in [0.717, 1.165) is 25.0 Å². The van der Waals surface area contributed by atoms with Gasteiger partial charge in [-0.3, -0.25) is 4.68 Å². The second kappa shape index (κ2) is 5.87. The highest BCUT2D eigenvalue weighted by atomic mass is 15.3. The summed E-state index contributed by atoms with van der Waals surface area (Å²) < 4.78 is 2.14. The fraction of sp³-hybridized carbons (Fsp3) is 0.800. The van der Waals surface area contributed by atoms with Crippen LogP contribution in [0.1, 0.15) is 49.6 Å². The highest BCUT2D eigenvalue weighted by Gasteiger charge is 2.20. The summed E-state index contributed by atoms with van der Waals surface area (Å²) in [6, 6.07) is 0.719. The quantitative estimate of drug-likeness (QED) is 0.889. The molecule has 1 fully saturated rings. The first-order chi connectivity index (χ1) is 8.59. The summed E-state index contributed by atoms with van der Waals surface area (Å²) in [7, 11) is 0. The van der Waals surface area contributed by atoms with Crippen LogP contribution in [-0.4, -0.2) is 22.4 Å². The lowest BCUT2D eigenvalue weighted by Crippen LogP contribution is -2.39. The van der Waals surface area contributed by atoms with E-state index in [-0.39, 0.29) is 0 Å². The van der Waals surface area contributed by atoms with Gasteiger partial charge < -0.3 is 5.32 Å². The van der Waals surface area contributed by atoms with Crippen LogP contribution in [0.5, 0.6) is 0 Å². The van der Waals surface area contributed by atoms with Crippen molar-refractivity contribution in [2.45, 2.75) is 66.0 Å². The summed E-state index contributed by atoms with van der Waals surface area (Å²) >= 11 is 0. The van der Waals surface area contributed by atoms with Crippen molar-refractivity contribution in [1.82, 2.24) is 15.1 Å². The van der Waals surface area contributed by atoms with Crippen LogP contribution < -0.4 is 5.32 Å². The molecule has 2 unspecified atom stereocenters. The van der Waals surface area contributed by atoms with E-state index in [9.17, 15) is 0 Å². The average molecular weight is 249 g/mol. The van der Waals surface area contributed by atoms with Crippen molar-refractivity contribution < 1.29 is 0 Å². The fourth-order valence-electron chi connectivity index (χ4n) is 2.98. The molecule has 0 amide bonds. The standard InChI is InChI=1S/C15H27N3/c1-11-7-5-6-8-15(11)16-9-10-18-14(4)12(2)13(3)17-18/h11,15-16H,5-10H2,1-4H3. The minimum atomic E-state index is 0.719. The maximum Gasteiger partial charge on any atom is 0.0625 e. The molecule has 1 heterocycles. The molecule has 1 aliphatic rings. The molecular weight excluding hydrogens is 222 g/mol. The van der Waals surface area contributed by atoms with Crippen molar-refractivity contribution in [1.29, 1.82) is 0 Å². The van der Waals surface area contributed by atoms with Gasteiger partial charge in [0.2, 0.25) is 0 Å². The lowest BCUT2D eigenvalue weighted by atomic mass is 9.86. The van der Waals surface area contributed by atoms with Crippen LogP contribution in [-0.2, 0) is 6.54 Å². The first kappa shape index (κ1) is 13.6. The van der Waals surface area contributed by atoms with E-state index in [0.29, 0.717) is 0 Å². The van der Waals surface area contributed by atoms with Crippen molar-refractivity contribution in [2.24, 2.45) is 5.92 Å². The van der Waals surface area contributed by atoms with Crippen LogP contribution in [0.2, 0.25) is 0 Å². The third-order valence-electron chi connectivity index (χ3n) is 4.58. The molecular formula is C15H27N3. The Bertz CT molecular complexity index is 395. The zero-order valence-electron chi connectivity index (χ0n) is 12.3. The van der Waals surface area contributed by atoms with Crippen molar-refractivity contribution in [3.8, 4) is 0 Å². The Morgan fingerprint density at radius 3 is 2.56 bits per heavy atom. The van der Waals surface area contributed by atoms with Crippen molar-refractivity contribution in [3.63, 3.8) is 0 Å². The molecule has 3 heteroatoms. The molecule has 1 aromatic rings. The third-order valence-corrected chi connectivity index (χ3v) is 4.58. The lowest BCUT2D eigenvalue weighted by Gasteiger charge is -2.29. The number of hydrogen-bond donors (Lipinski definition) is 1. The van der Waals surface area contributed by atoms with E-state index in [2.05, 4.69) is 42.8 Å². The Balaban J connectivity index is 1.82. The van der Waals surface area contributed by atoms with Crippen LogP contribution in [0.4, 0.5) is 0 Å². The van der Waals surface area contributed by atoms with Gasteiger partial charge in [0.05, 0.1) is 12.2 Å². The maximum absolute atomic E-state index is 4.59. The molecule has 18 heavy (non-hydrogen) atoms. The van der Waals surface area contributed by atoms with Gasteiger partial charge in [-0.2, -0.15) is 5.10 Å². The zero-order valence-corrected chi connectivity index (χ0v) is 12.3. The smallest absolute Gasteiger partial charge is 0.0625 e. The van der Waals surface area contributed by atoms with E-state index in [1.807, 2.05) is 0 Å². The van der Waals surface area contributed by atoms with E-state index in [4.69, 9.17) is 0 Å². The molecule has 2 rings (SSSR count). The van der Waals surface area contributed by atoms with Crippen LogP contribution in [0.25, 0.3) is 0 Å². The van der Waals surface area contributed by atoms with Crippen LogP contribution in [0, 0.1) is 26.7 Å². The van der Waals surface area contributed by atoms with Crippen LogP contribution in [0.3, 0.4) is 0 Å². The molecule has 102 valence electrons. The van der Waals surface area contributed by atoms with Gasteiger partial charge in [0.25, 0.3) is 0 Å². The van der Waals surface area contributed by atoms with Crippen LogP contribution >= 0.6 is 0 Å². The van der Waals surface area contributed by atoms with Gasteiger partial charge in [-0.15, -0.1) is 0 Å². The number of hydrogen-bond acceptors (Lipinski definition) is 2. The van der Waals surface area contributed by atoms with Gasteiger partial charge in [0.1, 0.15) is 0 Å². The SMILES string of the molecule is Cc1nn(CCNC2CCCCC2C)c(C)c1C. The van der Waals surface area contributed by atoms with Gasteiger partial charge in [-0.05, 0) is 45.1 Å². The van der Waals surface area contributed by atoms with Gasteiger partial charge in [-0.1, -0.05) is 19.8 Å². The van der Waals surface area contributed by atoms with E-state index in [1.165, 1.54) is 42.6 Å². The Morgan fingerprint density at radius 2 is 1.94 bits per heavy atom. The van der Waals surface area contributed by atoms with E-state index >= 15 is 0 Å². The molecule has 0 bridgehead atoms. The molecule has 0 aromatic carbocycles. The van der Waals surface area contributed by atoms with Crippen molar-refractivity contribution in [3.05, 3.63) is 17.0 Å². The lowest BCUT2D eigenvalue weighted by molar-refractivity contribution is 0.277. The van der Waals surface area contributed by atoms with Gasteiger partial charge in [0.15, 0.2) is 0 Å². The highest BCUT2D eigenvalue weighted by molar-refractivity contribution is 5.22. The Labute approximate surface area is 111 Å². The fourth-order valence-corrected chi connectivity index (χ4v) is 2.98. The van der Waals surface area contributed by atoms with Crippen LogP contribution in [0.15, 0.2) is 0 Å². The molecule has 1 aromatic heterocycles. The Hall–Kier alpha value is -0.830. The predicted molar refractivity (Wildman–Crippen MR) is 75.9 cm³/mol. The Kier molecular flexibility index (Phi) is 4.44. The number of rotatable bonds is 4. The summed E-state index contributed by atoms with van der Waals surface area (Å²) in [6.07, 6.45) is 5.53. The normalized spacial score (nSPS) is 24.4. The molecule has 0 aliphatic heterocycles. The molecule has 0 radical (unpaired) electrons. The number of aromatic nitrogens is 2. The van der Waals surface area contributed by atoms with Gasteiger partial charge in [-0.25, -0.2) is 0 Å². The number of nitrogens with zero attached hydrogens (tertiary/aromatic N) is 2. The van der Waals surface area contributed by atoms with Gasteiger partial charge in [0, 0.05) is 18.3 Å². The largest absolute Gasteiger partial charge is 0.312 e. The molecule has 1 saturated carbocycles. The minimum Gasteiger partial charge on any atom is -0.312 e. The monoisotopic (exact) mass is 249 g/mol. The number of nitrogens with one attached hydrogen (secondary N) is 1. The number of aryl methyl sites for hydroxylation is 1. The first-order valence-corrected chi connectivity index (χ1v) is 7.33. The van der Waals surface area contributed by atoms with Crippen molar-refractivity contribution in [2.75, 3.05) is 6.54 Å². The summed E-state index contributed by atoms with van der Waals surface area (Å²) in [6.45, 7) is 10.8. The second-order valence-corrected chi connectivity index (χ2v) is 5.84. The van der Waals surface area contributed by atoms with E-state index < -0.39 is 0 Å². The molecule has 2 atom stereocenters. The molecule has 0 saturated heterocycles. The molecule has 1 aliphatic carbocycles.